The molecule has 0 aromatic heterocycles. The molecule has 3 amide bonds. The zero-order valence-electron chi connectivity index (χ0n) is 20.5. The lowest BCUT2D eigenvalue weighted by Crippen LogP contribution is -2.74. The van der Waals surface area contributed by atoms with Crippen LogP contribution in [0.25, 0.3) is 0 Å². The van der Waals surface area contributed by atoms with Crippen LogP contribution in [0.15, 0.2) is 54.6 Å². The number of benzene rings is 2. The second-order valence-corrected chi connectivity index (χ2v) is 9.63. The van der Waals surface area contributed by atoms with Crippen LogP contribution in [0, 0.1) is 5.41 Å². The largest absolute Gasteiger partial charge is 0.469 e. The first-order valence-corrected chi connectivity index (χ1v) is 12.7. The molecule has 0 bridgehead atoms. The summed E-state index contributed by atoms with van der Waals surface area (Å²) in [5, 5.41) is 19.6. The number of carbonyl (C=O) groups excluding carboxylic acids is 2. The summed E-state index contributed by atoms with van der Waals surface area (Å²) in [5.74, 6) is 0.0946. The maximum Gasteiger partial charge on any atom is 0.330 e. The number of ether oxygens (including phenoxy) is 1. The van der Waals surface area contributed by atoms with E-state index in [9.17, 15) is 24.4 Å². The number of nitrogens with zero attached hydrogens (tertiary/aromatic N) is 2. The first-order valence-electron chi connectivity index (χ1n) is 11.9. The van der Waals surface area contributed by atoms with Crippen molar-refractivity contribution in [2.75, 3.05) is 6.54 Å². The highest BCUT2D eigenvalue weighted by atomic mass is 31.1. The number of rotatable bonds is 10. The highest BCUT2D eigenvalue weighted by molar-refractivity contribution is 7.24. The smallest absolute Gasteiger partial charge is 0.330 e. The summed E-state index contributed by atoms with van der Waals surface area (Å²) in [6.45, 7) is 8.21. The lowest BCUT2D eigenvalue weighted by Gasteiger charge is -2.54. The van der Waals surface area contributed by atoms with Crippen LogP contribution < -0.4 is 4.74 Å². The van der Waals surface area contributed by atoms with Crippen LogP contribution in [0.4, 0.5) is 4.79 Å². The van der Waals surface area contributed by atoms with E-state index in [0.29, 0.717) is 25.1 Å². The first kappa shape index (κ1) is 26.8. The van der Waals surface area contributed by atoms with Gasteiger partial charge in [-0.05, 0) is 56.0 Å². The first-order chi connectivity index (χ1) is 16.7. The van der Waals surface area contributed by atoms with Gasteiger partial charge in [-0.15, -0.1) is 0 Å². The minimum absolute atomic E-state index is 0.0298. The molecule has 1 heterocycles. The van der Waals surface area contributed by atoms with E-state index in [1.165, 1.54) is 29.2 Å². The van der Waals surface area contributed by atoms with Crippen molar-refractivity contribution in [1.82, 2.24) is 9.80 Å². The van der Waals surface area contributed by atoms with Crippen LogP contribution in [-0.4, -0.2) is 44.7 Å². The molecule has 0 aliphatic carbocycles. The van der Waals surface area contributed by atoms with Crippen LogP contribution in [0.2, 0.25) is 0 Å². The number of carbonyl (C=O) groups is 2. The van der Waals surface area contributed by atoms with Crippen LogP contribution in [0.1, 0.15) is 64.1 Å². The van der Waals surface area contributed by atoms with Crippen molar-refractivity contribution in [1.29, 1.82) is 0 Å². The zero-order chi connectivity index (χ0) is 25.8. The average molecular weight is 501 g/mol. The van der Waals surface area contributed by atoms with Crippen LogP contribution in [-0.2, 0) is 14.9 Å². The molecule has 1 fully saturated rings. The Morgan fingerprint density at radius 3 is 2.23 bits per heavy atom. The molecule has 1 saturated heterocycles. The van der Waals surface area contributed by atoms with E-state index in [-0.39, 0.29) is 17.5 Å². The normalized spacial score (nSPS) is 18.2. The Kier molecular flexibility index (Phi) is 8.31. The summed E-state index contributed by atoms with van der Waals surface area (Å²) in [4.78, 5) is 30.0. The topological polar surface area (TPSA) is 107 Å². The highest BCUT2D eigenvalue weighted by Crippen LogP contribution is 2.47. The molecule has 0 radical (unpaired) electrons. The molecule has 8 nitrogen and oxygen atoms in total. The van der Waals surface area contributed by atoms with Gasteiger partial charge in [0.2, 0.25) is 14.4 Å². The van der Waals surface area contributed by atoms with Gasteiger partial charge in [-0.3, -0.25) is 9.36 Å². The fourth-order valence-electron chi connectivity index (χ4n) is 4.57. The van der Waals surface area contributed by atoms with E-state index in [4.69, 9.17) is 4.74 Å². The van der Waals surface area contributed by atoms with Crippen molar-refractivity contribution in [3.05, 3.63) is 65.7 Å². The number of hydrogen-bond acceptors (Lipinski definition) is 6. The molecule has 2 aromatic rings. The molecule has 1 aliphatic heterocycles. The van der Waals surface area contributed by atoms with Crippen molar-refractivity contribution in [3.63, 3.8) is 0 Å². The minimum atomic E-state index is -2.50. The maximum absolute atomic E-state index is 13.7. The van der Waals surface area contributed by atoms with Crippen LogP contribution >= 0.6 is 8.46 Å². The molecular weight excluding hydrogens is 467 g/mol. The quantitative estimate of drug-likeness (QED) is 0.270. The fourth-order valence-corrected chi connectivity index (χ4v) is 4.83. The van der Waals surface area contributed by atoms with Gasteiger partial charge in [0, 0.05) is 12.1 Å². The van der Waals surface area contributed by atoms with E-state index < -0.39 is 31.7 Å². The predicted octanol–water partition coefficient (Wildman–Crippen LogP) is 5.02. The number of amides is 3. The van der Waals surface area contributed by atoms with Crippen molar-refractivity contribution >= 4 is 20.4 Å². The third-order valence-corrected chi connectivity index (χ3v) is 7.41. The van der Waals surface area contributed by atoms with Crippen LogP contribution in [0.3, 0.4) is 0 Å². The standard InChI is InChI=1S/C26H33N2O6P/c1-5-17-27(18(4)19-11-9-8-10-12-19)24(30)28-22(29)25(6-2,7-3)23(28)34-21-15-13-20(14-16-21)26(31,32)35-33/h8-16,18,23,31-32H,5-7,17H2,1-4H3/t18-,23+/m1/s1. The Hall–Kier alpha value is -2.80. The molecule has 2 N–H and O–H groups in total. The molecule has 188 valence electrons. The van der Waals surface area contributed by atoms with Gasteiger partial charge in [0.1, 0.15) is 11.2 Å². The van der Waals surface area contributed by atoms with Crippen LogP contribution in [0.5, 0.6) is 5.75 Å². The molecule has 0 saturated carbocycles. The SMILES string of the molecule is CCCN(C(=O)N1C(=O)C(CC)(CC)[C@@H]1Oc1ccc(C(O)(O)P=O)cc1)[C@H](C)c1ccccc1. The third kappa shape index (κ3) is 4.96. The maximum atomic E-state index is 13.7. The summed E-state index contributed by atoms with van der Waals surface area (Å²) in [7, 11) is -0.851. The second kappa shape index (κ2) is 10.9. The molecule has 0 unspecified atom stereocenters. The fraction of sp³-hybridized carbons (Fsp3) is 0.462. The Bertz CT molecular complexity index is 1040. The summed E-state index contributed by atoms with van der Waals surface area (Å²) in [6, 6.07) is 14.8. The Labute approximate surface area is 207 Å². The number of urea groups is 1. The second-order valence-electron chi connectivity index (χ2n) is 8.82. The van der Waals surface area contributed by atoms with E-state index in [1.54, 1.807) is 4.90 Å². The van der Waals surface area contributed by atoms with E-state index >= 15 is 0 Å². The van der Waals surface area contributed by atoms with Crippen molar-refractivity contribution in [2.24, 2.45) is 5.41 Å². The van der Waals surface area contributed by atoms with E-state index in [2.05, 4.69) is 0 Å². The molecule has 35 heavy (non-hydrogen) atoms. The van der Waals surface area contributed by atoms with Gasteiger partial charge >= 0.3 is 6.03 Å². The van der Waals surface area contributed by atoms with Gasteiger partial charge < -0.3 is 19.8 Å². The van der Waals surface area contributed by atoms with Crippen molar-refractivity contribution < 1.29 is 29.1 Å². The monoisotopic (exact) mass is 500 g/mol. The number of imide groups is 1. The molecule has 3 rings (SSSR count). The Morgan fingerprint density at radius 1 is 1.11 bits per heavy atom. The molecule has 1 aliphatic rings. The average Bonchev–Trinajstić information content (AvgIpc) is 2.88. The molecule has 2 atom stereocenters. The Morgan fingerprint density at radius 2 is 1.71 bits per heavy atom. The number of β-lactam (4-membered cyclic amide) rings is 1. The van der Waals surface area contributed by atoms with Gasteiger partial charge in [-0.25, -0.2) is 9.69 Å². The summed E-state index contributed by atoms with van der Waals surface area (Å²) in [6.07, 6.45) is 0.926. The van der Waals surface area contributed by atoms with Gasteiger partial charge in [0.05, 0.1) is 6.04 Å². The Balaban J connectivity index is 1.91. The lowest BCUT2D eigenvalue weighted by molar-refractivity contribution is -0.192. The van der Waals surface area contributed by atoms with Gasteiger partial charge in [0.25, 0.3) is 5.53 Å². The predicted molar refractivity (Wildman–Crippen MR) is 132 cm³/mol. The van der Waals surface area contributed by atoms with E-state index in [1.807, 2.05) is 58.0 Å². The molecule has 9 heteroatoms. The van der Waals surface area contributed by atoms with Crippen molar-refractivity contribution in [3.8, 4) is 5.75 Å². The molecule has 0 spiro atoms. The minimum Gasteiger partial charge on any atom is -0.469 e. The van der Waals surface area contributed by atoms with Gasteiger partial charge in [-0.1, -0.05) is 51.1 Å². The highest BCUT2D eigenvalue weighted by Gasteiger charge is 2.63. The lowest BCUT2D eigenvalue weighted by atomic mass is 9.72. The number of hydrogen-bond donors (Lipinski definition) is 2. The number of likely N-dealkylation sites (tertiary alicyclic amines) is 1. The number of aliphatic hydroxyl groups is 2. The third-order valence-electron chi connectivity index (χ3n) is 6.90. The van der Waals surface area contributed by atoms with Crippen molar-refractivity contribution in [2.45, 2.75) is 64.8 Å². The van der Waals surface area contributed by atoms with E-state index in [0.717, 1.165) is 12.0 Å². The summed E-state index contributed by atoms with van der Waals surface area (Å²) < 4.78 is 17.2. The van der Waals surface area contributed by atoms with Gasteiger partial charge in [-0.2, -0.15) is 0 Å². The summed E-state index contributed by atoms with van der Waals surface area (Å²) in [5.41, 5.74) is -2.34. The summed E-state index contributed by atoms with van der Waals surface area (Å²) >= 11 is 0. The van der Waals surface area contributed by atoms with Gasteiger partial charge in [0.15, 0.2) is 6.23 Å². The zero-order valence-corrected chi connectivity index (χ0v) is 21.4. The molecule has 2 aromatic carbocycles. The molecular formula is C26H33N2O6P.